The Kier molecular flexibility index (Phi) is 5.92. The molecule has 0 bridgehead atoms. The molecule has 0 saturated heterocycles. The summed E-state index contributed by atoms with van der Waals surface area (Å²) in [7, 11) is 3.12. The van der Waals surface area contributed by atoms with Gasteiger partial charge < -0.3 is 14.6 Å². The molecule has 164 valence electrons. The number of nitrogens with one attached hydrogen (secondary N) is 1. The van der Waals surface area contributed by atoms with Gasteiger partial charge in [0.25, 0.3) is 0 Å². The molecular formula is C25H25N3O4. The molecule has 32 heavy (non-hydrogen) atoms. The molecule has 2 N–H and O–H groups in total. The second-order valence-electron chi connectivity index (χ2n) is 7.73. The quantitative estimate of drug-likeness (QED) is 0.420. The third-order valence-corrected chi connectivity index (χ3v) is 5.48. The van der Waals surface area contributed by atoms with E-state index in [0.29, 0.717) is 28.4 Å². The third kappa shape index (κ3) is 4.20. The van der Waals surface area contributed by atoms with E-state index in [2.05, 4.69) is 15.2 Å². The number of benzene rings is 2. The number of ketones is 1. The summed E-state index contributed by atoms with van der Waals surface area (Å²) in [6.45, 7) is 3.69. The Morgan fingerprint density at radius 3 is 2.44 bits per heavy atom. The van der Waals surface area contributed by atoms with Crippen molar-refractivity contribution in [1.29, 1.82) is 0 Å². The summed E-state index contributed by atoms with van der Waals surface area (Å²) >= 11 is 0. The summed E-state index contributed by atoms with van der Waals surface area (Å²) in [5.41, 5.74) is 5.34. The Bertz CT molecular complexity index is 1270. The van der Waals surface area contributed by atoms with Gasteiger partial charge >= 0.3 is 0 Å². The fourth-order valence-electron chi connectivity index (χ4n) is 3.70. The Morgan fingerprint density at radius 2 is 1.78 bits per heavy atom. The lowest BCUT2D eigenvalue weighted by molar-refractivity contribution is 0.0992. The smallest absolute Gasteiger partial charge is 0.181 e. The Balaban J connectivity index is 1.65. The summed E-state index contributed by atoms with van der Waals surface area (Å²) in [5.74, 6) is 1.12. The predicted octanol–water partition coefficient (Wildman–Crippen LogP) is 4.43. The number of nitrogens with zero attached hydrogens (tertiary/aromatic N) is 2. The van der Waals surface area contributed by atoms with E-state index < -0.39 is 6.10 Å². The molecule has 0 saturated carbocycles. The number of hydrogen-bond acceptors (Lipinski definition) is 6. The highest BCUT2D eigenvalue weighted by atomic mass is 16.5. The molecule has 4 rings (SSSR count). The van der Waals surface area contributed by atoms with Crippen molar-refractivity contribution in [2.45, 2.75) is 26.4 Å². The number of aliphatic hydroxyl groups excluding tert-OH is 1. The maximum atomic E-state index is 13.0. The van der Waals surface area contributed by atoms with Crippen molar-refractivity contribution >= 4 is 16.8 Å². The van der Waals surface area contributed by atoms with E-state index in [9.17, 15) is 9.90 Å². The second-order valence-corrected chi connectivity index (χ2v) is 7.73. The number of pyridine rings is 1. The van der Waals surface area contributed by atoms with Gasteiger partial charge in [-0.15, -0.1) is 0 Å². The lowest BCUT2D eigenvalue weighted by atomic mass is 9.97. The number of methoxy groups -OCH3 is 2. The number of carbonyl (C=O) groups is 1. The molecule has 0 aliphatic heterocycles. The molecule has 1 unspecified atom stereocenters. The normalized spacial score (nSPS) is 12.0. The molecule has 0 fully saturated rings. The molecule has 2 heterocycles. The first-order valence-corrected chi connectivity index (χ1v) is 10.3. The van der Waals surface area contributed by atoms with Gasteiger partial charge in [-0.25, -0.2) is 4.98 Å². The minimum atomic E-state index is -0.654. The SMILES string of the molecule is COc1cc(OC)cc(C(=O)Cc2ccc(C)c(-c3ccc4c(C(C)O)[nH]nc4n3)c2)c1. The highest BCUT2D eigenvalue weighted by Crippen LogP contribution is 2.28. The molecule has 0 amide bonds. The maximum absolute atomic E-state index is 13.0. The standard InChI is InChI=1S/C25H25N3O4/c1-14-5-6-16(10-23(30)17-11-18(31-3)13-19(12-17)32-4)9-21(14)22-8-7-20-24(15(2)29)27-28-25(20)26-22/h5-9,11-13,15,29H,10H2,1-4H3,(H,26,27,28). The summed E-state index contributed by atoms with van der Waals surface area (Å²) in [4.78, 5) is 17.6. The average Bonchev–Trinajstić information content (AvgIpc) is 3.23. The van der Waals surface area contributed by atoms with Crippen LogP contribution >= 0.6 is 0 Å². The molecule has 4 aromatic rings. The molecular weight excluding hydrogens is 406 g/mol. The van der Waals surface area contributed by atoms with Crippen molar-refractivity contribution < 1.29 is 19.4 Å². The van der Waals surface area contributed by atoms with Crippen molar-refractivity contribution in [3.05, 3.63) is 70.9 Å². The van der Waals surface area contributed by atoms with Gasteiger partial charge in [-0.3, -0.25) is 9.89 Å². The van der Waals surface area contributed by atoms with Crippen LogP contribution in [0.25, 0.3) is 22.3 Å². The van der Waals surface area contributed by atoms with Crippen molar-refractivity contribution in [3.8, 4) is 22.8 Å². The van der Waals surface area contributed by atoms with E-state index in [-0.39, 0.29) is 12.2 Å². The number of fused-ring (bicyclic) bond motifs is 1. The number of hydrogen-bond donors (Lipinski definition) is 2. The van der Waals surface area contributed by atoms with E-state index in [1.807, 2.05) is 37.3 Å². The molecule has 2 aromatic heterocycles. The fourth-order valence-corrected chi connectivity index (χ4v) is 3.70. The van der Waals surface area contributed by atoms with Gasteiger partial charge in [0.05, 0.1) is 31.7 Å². The van der Waals surface area contributed by atoms with Crippen molar-refractivity contribution in [3.63, 3.8) is 0 Å². The Labute approximate surface area is 186 Å². The number of aromatic amines is 1. The van der Waals surface area contributed by atoms with Gasteiger partial charge in [-0.1, -0.05) is 12.1 Å². The first-order valence-electron chi connectivity index (χ1n) is 10.3. The van der Waals surface area contributed by atoms with Crippen LogP contribution in [0.1, 0.15) is 40.2 Å². The van der Waals surface area contributed by atoms with Crippen LogP contribution in [-0.2, 0) is 6.42 Å². The topological polar surface area (TPSA) is 97.3 Å². The Morgan fingerprint density at radius 1 is 1.06 bits per heavy atom. The highest BCUT2D eigenvalue weighted by Gasteiger charge is 2.15. The van der Waals surface area contributed by atoms with Gasteiger partial charge in [0.15, 0.2) is 11.4 Å². The Hall–Kier alpha value is -3.71. The summed E-state index contributed by atoms with van der Waals surface area (Å²) in [6, 6.07) is 14.9. The lowest BCUT2D eigenvalue weighted by Crippen LogP contribution is -2.05. The lowest BCUT2D eigenvalue weighted by Gasteiger charge is -2.10. The van der Waals surface area contributed by atoms with Crippen LogP contribution in [0, 0.1) is 6.92 Å². The number of Topliss-reactive ketones (excluding diaryl/α,β-unsaturated/α-hetero) is 1. The molecule has 0 radical (unpaired) electrons. The van der Waals surface area contributed by atoms with Crippen LogP contribution in [0.5, 0.6) is 11.5 Å². The van der Waals surface area contributed by atoms with Crippen LogP contribution in [0.15, 0.2) is 48.5 Å². The van der Waals surface area contributed by atoms with E-state index in [0.717, 1.165) is 27.8 Å². The summed E-state index contributed by atoms with van der Waals surface area (Å²) in [5, 5.41) is 17.7. The summed E-state index contributed by atoms with van der Waals surface area (Å²) in [6.07, 6.45) is -0.417. The first kappa shape index (κ1) is 21.5. The zero-order chi connectivity index (χ0) is 22.8. The van der Waals surface area contributed by atoms with Gasteiger partial charge in [0.2, 0.25) is 0 Å². The molecule has 0 aliphatic carbocycles. The number of rotatable bonds is 7. The number of aryl methyl sites for hydroxylation is 1. The van der Waals surface area contributed by atoms with Gasteiger partial charge in [0.1, 0.15) is 11.5 Å². The number of aliphatic hydroxyl groups is 1. The van der Waals surface area contributed by atoms with E-state index in [1.165, 1.54) is 0 Å². The molecule has 1 atom stereocenters. The van der Waals surface area contributed by atoms with Gasteiger partial charge in [-0.05, 0) is 55.3 Å². The minimum Gasteiger partial charge on any atom is -0.497 e. The van der Waals surface area contributed by atoms with Crippen LogP contribution in [0.3, 0.4) is 0 Å². The summed E-state index contributed by atoms with van der Waals surface area (Å²) < 4.78 is 10.6. The van der Waals surface area contributed by atoms with Crippen LogP contribution in [-0.4, -0.2) is 40.3 Å². The van der Waals surface area contributed by atoms with Gasteiger partial charge in [0, 0.05) is 29.0 Å². The fraction of sp³-hybridized carbons (Fsp3) is 0.240. The maximum Gasteiger partial charge on any atom is 0.181 e. The first-order chi connectivity index (χ1) is 15.4. The predicted molar refractivity (Wildman–Crippen MR) is 122 cm³/mol. The van der Waals surface area contributed by atoms with E-state index >= 15 is 0 Å². The number of carbonyl (C=O) groups excluding carboxylic acids is 1. The second kappa shape index (κ2) is 8.80. The van der Waals surface area contributed by atoms with Crippen molar-refractivity contribution in [1.82, 2.24) is 15.2 Å². The highest BCUT2D eigenvalue weighted by molar-refractivity contribution is 5.98. The molecule has 0 aliphatic rings. The largest absolute Gasteiger partial charge is 0.497 e. The average molecular weight is 431 g/mol. The number of aromatic nitrogens is 3. The zero-order valence-electron chi connectivity index (χ0n) is 18.5. The third-order valence-electron chi connectivity index (χ3n) is 5.48. The molecule has 2 aromatic carbocycles. The van der Waals surface area contributed by atoms with Crippen LogP contribution in [0.2, 0.25) is 0 Å². The monoisotopic (exact) mass is 431 g/mol. The molecule has 7 nitrogen and oxygen atoms in total. The minimum absolute atomic E-state index is 0.0331. The number of H-pyrrole nitrogens is 1. The molecule has 0 spiro atoms. The van der Waals surface area contributed by atoms with Crippen molar-refractivity contribution in [2.75, 3.05) is 14.2 Å². The van der Waals surface area contributed by atoms with Crippen molar-refractivity contribution in [2.24, 2.45) is 0 Å². The van der Waals surface area contributed by atoms with Crippen LogP contribution < -0.4 is 9.47 Å². The van der Waals surface area contributed by atoms with Crippen LogP contribution in [0.4, 0.5) is 0 Å². The van der Waals surface area contributed by atoms with E-state index in [1.54, 1.807) is 39.3 Å². The van der Waals surface area contributed by atoms with Gasteiger partial charge in [-0.2, -0.15) is 5.10 Å². The molecule has 7 heteroatoms. The number of ether oxygens (including phenoxy) is 2. The van der Waals surface area contributed by atoms with E-state index in [4.69, 9.17) is 9.47 Å². The zero-order valence-corrected chi connectivity index (χ0v) is 18.5.